The second-order valence-corrected chi connectivity index (χ2v) is 6.26. The smallest absolute Gasteiger partial charge is 0.253 e. The van der Waals surface area contributed by atoms with E-state index in [2.05, 4.69) is 31.2 Å². The van der Waals surface area contributed by atoms with Gasteiger partial charge in [-0.2, -0.15) is 0 Å². The van der Waals surface area contributed by atoms with E-state index in [0.717, 1.165) is 34.1 Å². The zero-order valence-electron chi connectivity index (χ0n) is 11.8. The lowest BCUT2D eigenvalue weighted by Gasteiger charge is -2.10. The van der Waals surface area contributed by atoms with Crippen LogP contribution in [0.2, 0.25) is 0 Å². The van der Waals surface area contributed by atoms with Crippen LogP contribution in [0.4, 0.5) is 0 Å². The molecule has 2 aromatic rings. The van der Waals surface area contributed by atoms with E-state index in [1.807, 2.05) is 19.1 Å². The number of halogens is 1. The average Bonchev–Trinajstić information content (AvgIpc) is 3.30. The highest BCUT2D eigenvalue weighted by molar-refractivity contribution is 9.10. The van der Waals surface area contributed by atoms with Crippen molar-refractivity contribution in [3.05, 3.63) is 57.6 Å². The van der Waals surface area contributed by atoms with Crippen LogP contribution in [0.25, 0.3) is 0 Å². The fourth-order valence-corrected chi connectivity index (χ4v) is 2.62. The molecule has 4 nitrogen and oxygen atoms in total. The van der Waals surface area contributed by atoms with E-state index in [0.29, 0.717) is 18.0 Å². The lowest BCUT2D eigenvalue weighted by atomic mass is 10.1. The molecule has 3 rings (SSSR count). The molecule has 0 unspecified atom stereocenters. The highest BCUT2D eigenvalue weighted by Crippen LogP contribution is 2.40. The Kier molecular flexibility index (Phi) is 4.01. The van der Waals surface area contributed by atoms with Crippen molar-refractivity contribution in [2.24, 2.45) is 0 Å². The van der Waals surface area contributed by atoms with E-state index in [4.69, 9.17) is 0 Å². The summed E-state index contributed by atoms with van der Waals surface area (Å²) in [6, 6.07) is 3.78. The van der Waals surface area contributed by atoms with E-state index in [1.54, 1.807) is 18.6 Å². The molecule has 0 saturated heterocycles. The molecule has 2 aromatic heterocycles. The van der Waals surface area contributed by atoms with Crippen molar-refractivity contribution in [1.82, 2.24) is 15.3 Å². The van der Waals surface area contributed by atoms with Crippen LogP contribution in [0.15, 0.2) is 35.2 Å². The minimum Gasteiger partial charge on any atom is -0.348 e. The van der Waals surface area contributed by atoms with Gasteiger partial charge in [0.05, 0.1) is 11.3 Å². The second-order valence-electron chi connectivity index (χ2n) is 5.35. The molecule has 1 aliphatic rings. The lowest BCUT2D eigenvalue weighted by Crippen LogP contribution is -2.24. The van der Waals surface area contributed by atoms with Crippen molar-refractivity contribution >= 4 is 21.8 Å². The van der Waals surface area contributed by atoms with Gasteiger partial charge in [-0.15, -0.1) is 0 Å². The third-order valence-electron chi connectivity index (χ3n) is 3.67. The number of nitrogens with one attached hydrogen (secondary N) is 1. The maximum absolute atomic E-state index is 12.4. The summed E-state index contributed by atoms with van der Waals surface area (Å²) < 4.78 is 0.831. The summed E-state index contributed by atoms with van der Waals surface area (Å²) in [4.78, 5) is 20.9. The summed E-state index contributed by atoms with van der Waals surface area (Å²) in [6.45, 7) is 2.49. The Morgan fingerprint density at radius 3 is 2.95 bits per heavy atom. The van der Waals surface area contributed by atoms with E-state index in [9.17, 15) is 4.79 Å². The van der Waals surface area contributed by atoms with Crippen molar-refractivity contribution < 1.29 is 4.79 Å². The average molecular weight is 346 g/mol. The van der Waals surface area contributed by atoms with Crippen LogP contribution in [0.5, 0.6) is 0 Å². The summed E-state index contributed by atoms with van der Waals surface area (Å²) in [5.74, 6) is 0.378. The van der Waals surface area contributed by atoms with Gasteiger partial charge in [-0.1, -0.05) is 0 Å². The molecule has 0 spiro atoms. The quantitative estimate of drug-likeness (QED) is 0.924. The molecule has 2 heterocycles. The molecular weight excluding hydrogens is 330 g/mol. The molecule has 1 fully saturated rings. The normalized spacial score (nSPS) is 14.0. The summed E-state index contributed by atoms with van der Waals surface area (Å²) >= 11 is 3.39. The number of aryl methyl sites for hydroxylation is 1. The third kappa shape index (κ3) is 3.29. The van der Waals surface area contributed by atoms with Crippen molar-refractivity contribution in [3.8, 4) is 0 Å². The van der Waals surface area contributed by atoms with Gasteiger partial charge in [0.2, 0.25) is 0 Å². The molecule has 108 valence electrons. The minimum absolute atomic E-state index is 0.0677. The molecule has 0 aliphatic heterocycles. The van der Waals surface area contributed by atoms with Gasteiger partial charge < -0.3 is 5.32 Å². The second kappa shape index (κ2) is 5.93. The Labute approximate surface area is 132 Å². The molecule has 0 radical (unpaired) electrons. The number of carbonyl (C=O) groups excluding carboxylic acids is 1. The van der Waals surface area contributed by atoms with Crippen LogP contribution >= 0.6 is 15.9 Å². The highest BCUT2D eigenvalue weighted by Gasteiger charge is 2.29. The number of hydrogen-bond donors (Lipinski definition) is 1. The first-order valence-corrected chi connectivity index (χ1v) is 7.77. The van der Waals surface area contributed by atoms with Gasteiger partial charge in [0.15, 0.2) is 0 Å². The Morgan fingerprint density at radius 2 is 2.24 bits per heavy atom. The third-order valence-corrected chi connectivity index (χ3v) is 4.10. The highest BCUT2D eigenvalue weighted by atomic mass is 79.9. The summed E-state index contributed by atoms with van der Waals surface area (Å²) in [6.07, 6.45) is 7.55. The van der Waals surface area contributed by atoms with Gasteiger partial charge in [-0.05, 0) is 59.0 Å². The molecular formula is C16H16BrN3O. The first-order chi connectivity index (χ1) is 10.1. The van der Waals surface area contributed by atoms with Crippen molar-refractivity contribution in [2.75, 3.05) is 0 Å². The maximum Gasteiger partial charge on any atom is 0.253 e. The maximum atomic E-state index is 12.4. The summed E-state index contributed by atoms with van der Waals surface area (Å²) in [5.41, 5.74) is 3.75. The van der Waals surface area contributed by atoms with Gasteiger partial charge in [-0.25, -0.2) is 0 Å². The van der Waals surface area contributed by atoms with Gasteiger partial charge in [0.1, 0.15) is 0 Å². The number of rotatable bonds is 4. The molecule has 0 aromatic carbocycles. The SMILES string of the molecule is Cc1cnccc1CNC(=O)c1cc(Br)cnc1C1CC1. The van der Waals surface area contributed by atoms with E-state index in [-0.39, 0.29) is 5.91 Å². The van der Waals surface area contributed by atoms with Crippen LogP contribution in [-0.4, -0.2) is 15.9 Å². The fraction of sp³-hybridized carbons (Fsp3) is 0.312. The Balaban J connectivity index is 1.76. The van der Waals surface area contributed by atoms with Crippen LogP contribution in [0, 0.1) is 6.92 Å². The summed E-state index contributed by atoms with van der Waals surface area (Å²) in [7, 11) is 0. The van der Waals surface area contributed by atoms with Crippen LogP contribution in [0.3, 0.4) is 0 Å². The topological polar surface area (TPSA) is 54.9 Å². The number of carbonyl (C=O) groups is 1. The van der Waals surface area contributed by atoms with Gasteiger partial charge in [-0.3, -0.25) is 14.8 Å². The number of hydrogen-bond acceptors (Lipinski definition) is 3. The first-order valence-electron chi connectivity index (χ1n) is 6.98. The summed E-state index contributed by atoms with van der Waals surface area (Å²) in [5, 5.41) is 2.98. The first kappa shape index (κ1) is 14.2. The molecule has 21 heavy (non-hydrogen) atoms. The van der Waals surface area contributed by atoms with E-state index < -0.39 is 0 Å². The Morgan fingerprint density at radius 1 is 1.43 bits per heavy atom. The standard InChI is InChI=1S/C16H16BrN3O/c1-10-7-18-5-4-12(10)8-20-16(21)14-6-13(17)9-19-15(14)11-2-3-11/h4-7,9,11H,2-3,8H2,1H3,(H,20,21). The van der Waals surface area contributed by atoms with Crippen LogP contribution < -0.4 is 5.32 Å². The van der Waals surface area contributed by atoms with Gasteiger partial charge in [0, 0.05) is 35.5 Å². The largest absolute Gasteiger partial charge is 0.348 e. The minimum atomic E-state index is -0.0677. The van der Waals surface area contributed by atoms with Crippen molar-refractivity contribution in [1.29, 1.82) is 0 Å². The monoisotopic (exact) mass is 345 g/mol. The van der Waals surface area contributed by atoms with Crippen molar-refractivity contribution in [2.45, 2.75) is 32.2 Å². The van der Waals surface area contributed by atoms with Gasteiger partial charge in [0.25, 0.3) is 5.91 Å². The van der Waals surface area contributed by atoms with Crippen molar-refractivity contribution in [3.63, 3.8) is 0 Å². The molecule has 1 amide bonds. The molecule has 1 saturated carbocycles. The van der Waals surface area contributed by atoms with E-state index in [1.165, 1.54) is 0 Å². The number of amides is 1. The molecule has 0 bridgehead atoms. The Bertz CT molecular complexity index is 683. The predicted molar refractivity (Wildman–Crippen MR) is 84.1 cm³/mol. The van der Waals surface area contributed by atoms with Crippen LogP contribution in [-0.2, 0) is 6.54 Å². The number of pyridine rings is 2. The zero-order chi connectivity index (χ0) is 14.8. The molecule has 1 N–H and O–H groups in total. The van der Waals surface area contributed by atoms with Crippen LogP contribution in [0.1, 0.15) is 45.9 Å². The fourth-order valence-electron chi connectivity index (χ4n) is 2.29. The van der Waals surface area contributed by atoms with E-state index >= 15 is 0 Å². The number of nitrogens with zero attached hydrogens (tertiary/aromatic N) is 2. The van der Waals surface area contributed by atoms with Gasteiger partial charge >= 0.3 is 0 Å². The number of aromatic nitrogens is 2. The molecule has 1 aliphatic carbocycles. The molecule has 5 heteroatoms. The predicted octanol–water partition coefficient (Wildman–Crippen LogP) is 3.35. The Hall–Kier alpha value is -1.75. The lowest BCUT2D eigenvalue weighted by molar-refractivity contribution is 0.0949. The molecule has 0 atom stereocenters. The zero-order valence-corrected chi connectivity index (χ0v) is 13.4.